The van der Waals surface area contributed by atoms with E-state index in [-0.39, 0.29) is 41.9 Å². The molecule has 0 fully saturated rings. The zero-order valence-electron chi connectivity index (χ0n) is 4.83. The van der Waals surface area contributed by atoms with E-state index in [1.165, 1.54) is 6.42 Å². The molecule has 0 aliphatic rings. The third-order valence-corrected chi connectivity index (χ3v) is 0.354. The molecule has 2 heteroatoms. The minimum absolute atomic E-state index is 0. The molecule has 0 saturated heterocycles. The summed E-state index contributed by atoms with van der Waals surface area (Å²) in [6.45, 7) is 5.72. The maximum absolute atomic E-state index is 3.60. The minimum atomic E-state index is 0. The summed E-state index contributed by atoms with van der Waals surface area (Å²) in [6.07, 6.45) is 2.28. The predicted molar refractivity (Wildman–Crippen MR) is 26.0 cm³/mol. The monoisotopic (exact) mass is 88.1 g/mol. The van der Waals surface area contributed by atoms with Crippen molar-refractivity contribution < 1.29 is 18.9 Å². The Morgan fingerprint density at radius 2 is 1.67 bits per heavy atom. The van der Waals surface area contributed by atoms with Crippen molar-refractivity contribution in [2.75, 3.05) is 0 Å². The van der Waals surface area contributed by atoms with Crippen molar-refractivity contribution in [1.29, 1.82) is 0 Å². The summed E-state index contributed by atoms with van der Waals surface area (Å²) in [6, 6.07) is 0. The second kappa shape index (κ2) is 16.2. The van der Waals surface area contributed by atoms with E-state index in [1.807, 2.05) is 0 Å². The first-order valence-electron chi connectivity index (χ1n) is 1.71. The summed E-state index contributed by atoms with van der Waals surface area (Å²) in [4.78, 5) is 0. The van der Waals surface area contributed by atoms with Crippen LogP contribution in [0.2, 0.25) is 0 Å². The molecular formula is C4H9LiMg. The van der Waals surface area contributed by atoms with Crippen molar-refractivity contribution >= 4 is 23.1 Å². The van der Waals surface area contributed by atoms with Gasteiger partial charge in [-0.2, -0.15) is 6.42 Å². The van der Waals surface area contributed by atoms with E-state index < -0.39 is 0 Å². The number of unbranched alkanes of at least 4 members (excludes halogenated alkanes) is 1. The number of rotatable bonds is 1. The smallest absolute Gasteiger partial charge is 0.343 e. The Bertz CT molecular complexity index is 9.51. The largest absolute Gasteiger partial charge is 1.00 e. The Hall–Kier alpha value is 1.36. The summed E-state index contributed by atoms with van der Waals surface area (Å²) in [5.41, 5.74) is 0. The van der Waals surface area contributed by atoms with Gasteiger partial charge < -0.3 is 6.92 Å². The van der Waals surface area contributed by atoms with Gasteiger partial charge in [-0.25, -0.2) is 0 Å². The Morgan fingerprint density at radius 3 is 1.67 bits per heavy atom. The Kier molecular flexibility index (Phi) is 42.2. The zero-order valence-corrected chi connectivity index (χ0v) is 6.24. The van der Waals surface area contributed by atoms with Gasteiger partial charge in [0, 0.05) is 23.1 Å². The SMILES string of the molecule is [CH2-]CCC.[Li+].[Mg]. The van der Waals surface area contributed by atoms with Crippen LogP contribution in [0.4, 0.5) is 0 Å². The maximum atomic E-state index is 3.60. The fraction of sp³-hybridized carbons (Fsp3) is 0.750. The molecule has 0 rings (SSSR count). The van der Waals surface area contributed by atoms with E-state index >= 15 is 0 Å². The van der Waals surface area contributed by atoms with E-state index in [9.17, 15) is 0 Å². The van der Waals surface area contributed by atoms with Crippen LogP contribution in [0.5, 0.6) is 0 Å². The predicted octanol–water partition coefficient (Wildman–Crippen LogP) is -1.76. The first kappa shape index (κ1) is 15.7. The third-order valence-electron chi connectivity index (χ3n) is 0.354. The molecule has 0 bridgehead atoms. The number of hydrogen-bond donors (Lipinski definition) is 0. The summed E-state index contributed by atoms with van der Waals surface area (Å²) in [5, 5.41) is 0. The molecule has 2 radical (unpaired) electrons. The summed E-state index contributed by atoms with van der Waals surface area (Å²) < 4.78 is 0. The van der Waals surface area contributed by atoms with Crippen molar-refractivity contribution in [2.24, 2.45) is 0 Å². The van der Waals surface area contributed by atoms with Crippen molar-refractivity contribution in [1.82, 2.24) is 0 Å². The van der Waals surface area contributed by atoms with Gasteiger partial charge in [-0.1, -0.05) is 13.3 Å². The van der Waals surface area contributed by atoms with E-state index in [4.69, 9.17) is 0 Å². The average molecular weight is 88.4 g/mol. The molecule has 28 valence electrons. The second-order valence-corrected chi connectivity index (χ2v) is 0.854. The summed E-state index contributed by atoms with van der Waals surface area (Å²) in [5.74, 6) is 0. The van der Waals surface area contributed by atoms with Gasteiger partial charge in [0.1, 0.15) is 0 Å². The molecule has 0 amide bonds. The molecule has 0 N–H and O–H groups in total. The standard InChI is InChI=1S/C4H9.Li.Mg/c1-3-4-2;;/h1,3-4H2,2H3;;/q-1;+1;. The van der Waals surface area contributed by atoms with Crippen LogP contribution in [-0.2, 0) is 0 Å². The Morgan fingerprint density at radius 1 is 1.50 bits per heavy atom. The molecule has 0 aromatic heterocycles. The van der Waals surface area contributed by atoms with Crippen LogP contribution in [0.15, 0.2) is 0 Å². The summed E-state index contributed by atoms with van der Waals surface area (Å²) in [7, 11) is 0. The molecule has 0 aromatic carbocycles. The fourth-order valence-corrected chi connectivity index (χ4v) is 0. The zero-order chi connectivity index (χ0) is 3.41. The van der Waals surface area contributed by atoms with Gasteiger partial charge in [-0.05, 0) is 0 Å². The van der Waals surface area contributed by atoms with Crippen LogP contribution in [0.25, 0.3) is 0 Å². The van der Waals surface area contributed by atoms with Crippen LogP contribution in [0.3, 0.4) is 0 Å². The van der Waals surface area contributed by atoms with Crippen molar-refractivity contribution in [2.45, 2.75) is 19.8 Å². The second-order valence-electron chi connectivity index (χ2n) is 0.854. The molecule has 0 nitrogen and oxygen atoms in total. The van der Waals surface area contributed by atoms with Gasteiger partial charge >= 0.3 is 18.9 Å². The van der Waals surface area contributed by atoms with Gasteiger partial charge in [0.15, 0.2) is 0 Å². The molecule has 0 atom stereocenters. The van der Waals surface area contributed by atoms with Gasteiger partial charge in [-0.3, -0.25) is 0 Å². The summed E-state index contributed by atoms with van der Waals surface area (Å²) >= 11 is 0. The van der Waals surface area contributed by atoms with Crippen molar-refractivity contribution in [3.63, 3.8) is 0 Å². The molecular weight excluding hydrogens is 79.3 g/mol. The van der Waals surface area contributed by atoms with Gasteiger partial charge in [0.25, 0.3) is 0 Å². The minimum Gasteiger partial charge on any atom is -0.343 e. The van der Waals surface area contributed by atoms with Gasteiger partial charge in [0.2, 0.25) is 0 Å². The molecule has 0 aliphatic heterocycles. The quantitative estimate of drug-likeness (QED) is 0.263. The van der Waals surface area contributed by atoms with E-state index in [2.05, 4.69) is 13.8 Å². The van der Waals surface area contributed by atoms with Gasteiger partial charge in [0.05, 0.1) is 0 Å². The van der Waals surface area contributed by atoms with Crippen LogP contribution in [0, 0.1) is 6.92 Å². The molecule has 0 saturated carbocycles. The first-order valence-corrected chi connectivity index (χ1v) is 1.71. The molecule has 0 heterocycles. The van der Waals surface area contributed by atoms with E-state index in [0.717, 1.165) is 6.42 Å². The normalized spacial score (nSPS) is 5.00. The number of hydrogen-bond acceptors (Lipinski definition) is 0. The average Bonchev–Trinajstić information content (AvgIpc) is 1.37. The molecule has 0 unspecified atom stereocenters. The Balaban J connectivity index is -0.0000000450. The van der Waals surface area contributed by atoms with Crippen LogP contribution in [-0.4, -0.2) is 23.1 Å². The first-order chi connectivity index (χ1) is 1.91. The molecule has 0 aliphatic carbocycles. The van der Waals surface area contributed by atoms with Crippen LogP contribution < -0.4 is 18.9 Å². The fourth-order valence-electron chi connectivity index (χ4n) is 0. The van der Waals surface area contributed by atoms with E-state index in [0.29, 0.717) is 0 Å². The topological polar surface area (TPSA) is 0 Å². The Labute approximate surface area is 68.4 Å². The molecule has 0 aromatic rings. The van der Waals surface area contributed by atoms with Crippen molar-refractivity contribution in [3.8, 4) is 0 Å². The third kappa shape index (κ3) is 18.3. The van der Waals surface area contributed by atoms with Crippen molar-refractivity contribution in [3.05, 3.63) is 6.92 Å². The maximum Gasteiger partial charge on any atom is 1.00 e. The van der Waals surface area contributed by atoms with Gasteiger partial charge in [-0.15, -0.1) is 0 Å². The molecule has 6 heavy (non-hydrogen) atoms. The van der Waals surface area contributed by atoms with Crippen LogP contribution >= 0.6 is 0 Å². The molecule has 0 spiro atoms. The van der Waals surface area contributed by atoms with Crippen LogP contribution in [0.1, 0.15) is 19.8 Å². The van der Waals surface area contributed by atoms with E-state index in [1.54, 1.807) is 0 Å².